The predicted molar refractivity (Wildman–Crippen MR) is 120 cm³/mol. The van der Waals surface area contributed by atoms with Crippen LogP contribution in [-0.2, 0) is 21.9 Å². The van der Waals surface area contributed by atoms with Crippen LogP contribution in [0.2, 0.25) is 0 Å². The summed E-state index contributed by atoms with van der Waals surface area (Å²) >= 11 is 0. The molecule has 0 radical (unpaired) electrons. The van der Waals surface area contributed by atoms with Crippen molar-refractivity contribution in [3.8, 4) is 5.75 Å². The smallest absolute Gasteiger partial charge is 0.469 e. The van der Waals surface area contributed by atoms with Gasteiger partial charge in [0, 0.05) is 5.54 Å². The van der Waals surface area contributed by atoms with Crippen molar-refractivity contribution in [2.45, 2.75) is 56.9 Å². The molecule has 3 atom stereocenters. The maximum Gasteiger partial charge on any atom is 0.469 e. The summed E-state index contributed by atoms with van der Waals surface area (Å²) in [4.78, 5) is 17.9. The van der Waals surface area contributed by atoms with Crippen molar-refractivity contribution < 1.29 is 23.6 Å². The molecule has 0 spiro atoms. The second kappa shape index (κ2) is 9.05. The van der Waals surface area contributed by atoms with Gasteiger partial charge in [0.1, 0.15) is 5.75 Å². The highest BCUT2D eigenvalue weighted by Gasteiger charge is 2.38. The van der Waals surface area contributed by atoms with Crippen LogP contribution in [0, 0.1) is 12.8 Å². The van der Waals surface area contributed by atoms with Crippen LogP contribution >= 0.6 is 7.82 Å². The summed E-state index contributed by atoms with van der Waals surface area (Å²) in [5, 5.41) is 0. The van der Waals surface area contributed by atoms with Gasteiger partial charge in [-0.15, -0.1) is 0 Å². The van der Waals surface area contributed by atoms with Gasteiger partial charge in [-0.2, -0.15) is 0 Å². The first-order chi connectivity index (χ1) is 14.7. The van der Waals surface area contributed by atoms with E-state index < -0.39 is 13.4 Å². The molecule has 31 heavy (non-hydrogen) atoms. The van der Waals surface area contributed by atoms with Crippen molar-refractivity contribution in [1.82, 2.24) is 0 Å². The minimum absolute atomic E-state index is 0.110. The van der Waals surface area contributed by atoms with E-state index in [0.717, 1.165) is 38.0 Å². The second-order valence-corrected chi connectivity index (χ2v) is 10.6. The molecular formula is C24H32NO5P. The molecule has 6 nitrogen and oxygen atoms in total. The van der Waals surface area contributed by atoms with Crippen LogP contribution in [0.4, 0.5) is 0 Å². The minimum atomic E-state index is -4.49. The van der Waals surface area contributed by atoms with E-state index in [9.17, 15) is 4.57 Å². The molecule has 168 valence electrons. The van der Waals surface area contributed by atoms with E-state index in [1.54, 1.807) is 0 Å². The monoisotopic (exact) mass is 445 g/mol. The van der Waals surface area contributed by atoms with Crippen molar-refractivity contribution >= 4 is 7.82 Å². The second-order valence-electron chi connectivity index (χ2n) is 9.33. The molecule has 0 bridgehead atoms. The molecule has 0 saturated heterocycles. The largest absolute Gasteiger partial charge is 0.493 e. The van der Waals surface area contributed by atoms with Crippen molar-refractivity contribution in [3.05, 3.63) is 64.7 Å². The van der Waals surface area contributed by atoms with Crippen LogP contribution in [-0.4, -0.2) is 28.5 Å². The average molecular weight is 445 g/mol. The lowest BCUT2D eigenvalue weighted by atomic mass is 9.82. The maximum absolute atomic E-state index is 11.0. The first kappa shape index (κ1) is 22.5. The van der Waals surface area contributed by atoms with Gasteiger partial charge in [-0.05, 0) is 91.7 Å². The molecule has 0 aromatic heterocycles. The molecule has 2 aromatic carbocycles. The molecule has 7 heteroatoms. The Morgan fingerprint density at radius 3 is 2.77 bits per heavy atom. The summed E-state index contributed by atoms with van der Waals surface area (Å²) in [6.45, 7) is 2.70. The first-order valence-corrected chi connectivity index (χ1v) is 12.5. The fraction of sp³-hybridized carbons (Fsp3) is 0.500. The number of rotatable bonds is 7. The van der Waals surface area contributed by atoms with E-state index in [-0.39, 0.29) is 6.61 Å². The zero-order chi connectivity index (χ0) is 22.1. The first-order valence-electron chi connectivity index (χ1n) is 11.0. The molecule has 1 saturated carbocycles. The summed E-state index contributed by atoms with van der Waals surface area (Å²) in [5.41, 5.74) is 11.0. The van der Waals surface area contributed by atoms with Gasteiger partial charge < -0.3 is 20.3 Å². The van der Waals surface area contributed by atoms with Crippen molar-refractivity contribution in [2.75, 3.05) is 13.2 Å². The number of hydrogen-bond donors (Lipinski definition) is 3. The molecule has 0 heterocycles. The highest BCUT2D eigenvalue weighted by Crippen LogP contribution is 2.44. The third-order valence-electron chi connectivity index (χ3n) is 6.67. The lowest BCUT2D eigenvalue weighted by Crippen LogP contribution is -2.41. The Hall–Kier alpha value is -1.69. The van der Waals surface area contributed by atoms with Gasteiger partial charge in [0.2, 0.25) is 0 Å². The van der Waals surface area contributed by atoms with Gasteiger partial charge in [0.25, 0.3) is 0 Å². The minimum Gasteiger partial charge on any atom is -0.493 e. The van der Waals surface area contributed by atoms with E-state index in [4.69, 9.17) is 24.8 Å². The number of phosphoric ester groups is 1. The van der Waals surface area contributed by atoms with E-state index in [1.165, 1.54) is 22.3 Å². The van der Waals surface area contributed by atoms with Gasteiger partial charge in [-0.25, -0.2) is 4.57 Å². The summed E-state index contributed by atoms with van der Waals surface area (Å²) in [5.74, 6) is 1.76. The number of nitrogens with two attached hydrogens (primary N) is 1. The summed E-state index contributed by atoms with van der Waals surface area (Å²) < 4.78 is 21.7. The van der Waals surface area contributed by atoms with Crippen LogP contribution in [0.3, 0.4) is 0 Å². The van der Waals surface area contributed by atoms with Crippen molar-refractivity contribution in [1.29, 1.82) is 0 Å². The van der Waals surface area contributed by atoms with E-state index in [1.807, 2.05) is 12.1 Å². The Morgan fingerprint density at radius 1 is 1.16 bits per heavy atom. The highest BCUT2D eigenvalue weighted by atomic mass is 31.2. The third kappa shape index (κ3) is 5.97. The fourth-order valence-electron chi connectivity index (χ4n) is 4.95. The third-order valence-corrected chi connectivity index (χ3v) is 7.14. The molecule has 2 aromatic rings. The maximum atomic E-state index is 11.0. The van der Waals surface area contributed by atoms with Gasteiger partial charge in [0.05, 0.1) is 13.2 Å². The number of fused-ring (bicyclic) bond motifs is 1. The molecular weight excluding hydrogens is 413 g/mol. The Bertz CT molecular complexity index is 974. The van der Waals surface area contributed by atoms with Crippen LogP contribution in [0.15, 0.2) is 42.5 Å². The molecule has 2 aliphatic rings. The molecule has 0 unspecified atom stereocenters. The van der Waals surface area contributed by atoms with Crippen molar-refractivity contribution in [2.24, 2.45) is 11.7 Å². The van der Waals surface area contributed by atoms with Crippen LogP contribution in [0.25, 0.3) is 0 Å². The van der Waals surface area contributed by atoms with Gasteiger partial charge in [-0.1, -0.05) is 30.3 Å². The SMILES string of the molecule is Cc1cccc(OC[C@@H]2CCc3cc([C@H]4CC[C@](N)(COP(=O)(O)O)C4)ccc3C2)c1. The average Bonchev–Trinajstić information content (AvgIpc) is 3.13. The number of aryl methyl sites for hydroxylation is 2. The van der Waals surface area contributed by atoms with Crippen LogP contribution in [0.5, 0.6) is 5.75 Å². The summed E-state index contributed by atoms with van der Waals surface area (Å²) in [6, 6.07) is 14.9. The van der Waals surface area contributed by atoms with Gasteiger partial charge >= 0.3 is 7.82 Å². The van der Waals surface area contributed by atoms with E-state index >= 15 is 0 Å². The van der Waals surface area contributed by atoms with Gasteiger partial charge in [-0.3, -0.25) is 4.52 Å². The summed E-state index contributed by atoms with van der Waals surface area (Å²) in [6.07, 6.45) is 5.48. The standard InChI is InChI=1S/C24H32NO5P/c1-17-3-2-4-23(11-17)29-15-18-5-6-20-13-21(8-7-19(20)12-18)22-9-10-24(25,14-22)16-30-31(26,27)28/h2-4,7-8,11,13,18,22H,5-6,9-10,12,14-16,25H2,1H3,(H2,26,27,28)/t18-,22+,24-/m1/s1. The number of ether oxygens (including phenoxy) is 1. The Balaban J connectivity index is 1.34. The topological polar surface area (TPSA) is 102 Å². The van der Waals surface area contributed by atoms with Crippen LogP contribution in [0.1, 0.15) is 53.9 Å². The molecule has 1 fully saturated rings. The van der Waals surface area contributed by atoms with E-state index in [0.29, 0.717) is 24.7 Å². The highest BCUT2D eigenvalue weighted by molar-refractivity contribution is 7.46. The normalized spacial score (nSPS) is 25.9. The quantitative estimate of drug-likeness (QED) is 0.551. The number of phosphoric acid groups is 1. The molecule has 4 N–H and O–H groups in total. The lowest BCUT2D eigenvalue weighted by molar-refractivity contribution is 0.153. The lowest BCUT2D eigenvalue weighted by Gasteiger charge is -2.27. The predicted octanol–water partition coefficient (Wildman–Crippen LogP) is 4.25. The Labute approximate surface area is 184 Å². The Morgan fingerprint density at radius 2 is 2.00 bits per heavy atom. The van der Waals surface area contributed by atoms with Crippen LogP contribution < -0.4 is 10.5 Å². The van der Waals surface area contributed by atoms with Gasteiger partial charge in [0.15, 0.2) is 0 Å². The molecule has 0 aliphatic heterocycles. The fourth-order valence-corrected chi connectivity index (χ4v) is 5.38. The molecule has 0 amide bonds. The molecule has 4 rings (SSSR count). The zero-order valence-electron chi connectivity index (χ0n) is 18.0. The zero-order valence-corrected chi connectivity index (χ0v) is 18.9. The summed E-state index contributed by atoms with van der Waals surface area (Å²) in [7, 11) is -4.49. The van der Waals surface area contributed by atoms with E-state index in [2.05, 4.69) is 37.3 Å². The Kier molecular flexibility index (Phi) is 6.57. The number of benzene rings is 2. The number of hydrogen-bond acceptors (Lipinski definition) is 4. The van der Waals surface area contributed by atoms with Crippen molar-refractivity contribution in [3.63, 3.8) is 0 Å². The molecule has 2 aliphatic carbocycles.